The molecule has 2 amide bonds. The fourth-order valence-electron chi connectivity index (χ4n) is 4.08. The molecule has 0 bridgehead atoms. The second-order valence-corrected chi connectivity index (χ2v) is 8.80. The SMILES string of the molecule is CC(C)COC1(F)C=CC=C([C@@H](CO)NC(=O)N2CCc3cc(-c4cn[nH]c4)c(F)cc32)C1. The highest BCUT2D eigenvalue weighted by Gasteiger charge is 2.35. The van der Waals surface area contributed by atoms with Crippen LogP contribution in [0.5, 0.6) is 0 Å². The quantitative estimate of drug-likeness (QED) is 0.588. The van der Waals surface area contributed by atoms with Crippen LogP contribution in [0.25, 0.3) is 11.1 Å². The number of hydrogen-bond donors (Lipinski definition) is 3. The Hall–Kier alpha value is -3.04. The Labute approximate surface area is 191 Å². The zero-order valence-corrected chi connectivity index (χ0v) is 18.6. The van der Waals surface area contributed by atoms with Gasteiger partial charge in [-0.2, -0.15) is 5.10 Å². The lowest BCUT2D eigenvalue weighted by atomic mass is 9.94. The molecule has 0 saturated carbocycles. The average Bonchev–Trinajstić information content (AvgIpc) is 3.45. The van der Waals surface area contributed by atoms with Crippen molar-refractivity contribution in [3.05, 3.63) is 59.7 Å². The molecule has 2 heterocycles. The highest BCUT2D eigenvalue weighted by Crippen LogP contribution is 2.35. The lowest BCUT2D eigenvalue weighted by Crippen LogP contribution is -2.47. The highest BCUT2D eigenvalue weighted by atomic mass is 19.2. The molecule has 1 aromatic heterocycles. The molecule has 3 N–H and O–H groups in total. The van der Waals surface area contributed by atoms with Crippen molar-refractivity contribution in [1.29, 1.82) is 0 Å². The van der Waals surface area contributed by atoms with Crippen LogP contribution in [-0.2, 0) is 11.2 Å². The van der Waals surface area contributed by atoms with Gasteiger partial charge in [-0.3, -0.25) is 10.00 Å². The first-order valence-corrected chi connectivity index (χ1v) is 11.0. The van der Waals surface area contributed by atoms with Crippen molar-refractivity contribution in [3.63, 3.8) is 0 Å². The molecular weight excluding hydrogens is 430 g/mol. The van der Waals surface area contributed by atoms with Gasteiger partial charge in [-0.25, -0.2) is 13.6 Å². The van der Waals surface area contributed by atoms with E-state index in [0.717, 1.165) is 5.56 Å². The Morgan fingerprint density at radius 3 is 2.94 bits per heavy atom. The number of fused-ring (bicyclic) bond motifs is 1. The van der Waals surface area contributed by atoms with Gasteiger partial charge in [-0.05, 0) is 41.7 Å². The molecule has 1 unspecified atom stereocenters. The number of amides is 2. The van der Waals surface area contributed by atoms with Gasteiger partial charge in [0.15, 0.2) is 0 Å². The number of H-pyrrole nitrogens is 1. The van der Waals surface area contributed by atoms with Crippen molar-refractivity contribution in [2.45, 2.75) is 38.6 Å². The van der Waals surface area contributed by atoms with Crippen LogP contribution in [-0.4, -0.2) is 53.0 Å². The number of alkyl halides is 1. The monoisotopic (exact) mass is 458 g/mol. The summed E-state index contributed by atoms with van der Waals surface area (Å²) >= 11 is 0. The number of hydrogen-bond acceptors (Lipinski definition) is 4. The molecule has 0 saturated heterocycles. The molecule has 4 rings (SSSR count). The lowest BCUT2D eigenvalue weighted by Gasteiger charge is -2.31. The summed E-state index contributed by atoms with van der Waals surface area (Å²) in [6, 6.07) is 1.79. The van der Waals surface area contributed by atoms with Gasteiger partial charge in [0.1, 0.15) is 5.82 Å². The summed E-state index contributed by atoms with van der Waals surface area (Å²) in [5.74, 6) is -2.28. The number of aliphatic hydroxyl groups is 1. The van der Waals surface area contributed by atoms with Crippen molar-refractivity contribution in [3.8, 4) is 11.1 Å². The molecule has 1 aliphatic heterocycles. The second kappa shape index (κ2) is 9.44. The molecule has 7 nitrogen and oxygen atoms in total. The fraction of sp³-hybridized carbons (Fsp3) is 0.417. The largest absolute Gasteiger partial charge is 0.394 e. The first-order chi connectivity index (χ1) is 15.8. The number of carbonyl (C=O) groups is 1. The molecule has 33 heavy (non-hydrogen) atoms. The van der Waals surface area contributed by atoms with Crippen LogP contribution in [0.1, 0.15) is 25.8 Å². The minimum Gasteiger partial charge on any atom is -0.394 e. The Balaban J connectivity index is 1.47. The predicted molar refractivity (Wildman–Crippen MR) is 121 cm³/mol. The minimum atomic E-state index is -1.99. The van der Waals surface area contributed by atoms with E-state index in [1.165, 1.54) is 29.3 Å². The van der Waals surface area contributed by atoms with Crippen molar-refractivity contribution in [2.75, 3.05) is 24.7 Å². The number of aromatic amines is 1. The third-order valence-electron chi connectivity index (χ3n) is 5.80. The van der Waals surface area contributed by atoms with Gasteiger partial charge < -0.3 is 15.2 Å². The van der Waals surface area contributed by atoms with Gasteiger partial charge in [-0.1, -0.05) is 26.0 Å². The number of rotatable bonds is 7. The van der Waals surface area contributed by atoms with Crippen molar-refractivity contribution in [2.24, 2.45) is 5.92 Å². The van der Waals surface area contributed by atoms with Crippen LogP contribution in [0.15, 0.2) is 48.3 Å². The maximum Gasteiger partial charge on any atom is 0.322 e. The van der Waals surface area contributed by atoms with Crippen molar-refractivity contribution < 1.29 is 23.4 Å². The van der Waals surface area contributed by atoms with Gasteiger partial charge in [0.2, 0.25) is 5.85 Å². The summed E-state index contributed by atoms with van der Waals surface area (Å²) in [5.41, 5.74) is 2.88. The Bertz CT molecular complexity index is 1070. The van der Waals surface area contributed by atoms with E-state index < -0.39 is 30.4 Å². The molecule has 0 radical (unpaired) electrons. The summed E-state index contributed by atoms with van der Waals surface area (Å²) in [6.45, 7) is 4.08. The molecular formula is C24H28F2N4O3. The molecule has 1 aliphatic carbocycles. The topological polar surface area (TPSA) is 90.5 Å². The zero-order chi connectivity index (χ0) is 23.6. The number of nitrogens with one attached hydrogen (secondary N) is 2. The standard InChI is InChI=1S/C24H28F2N4O3/c1-15(2)14-33-24(26)6-3-4-17(10-24)21(13-31)29-23(32)30-7-5-16-8-19(18-11-27-28-12-18)20(25)9-22(16)30/h3-4,6,8-9,11-12,15,21,31H,5,7,10,13-14H2,1-2H3,(H,27,28)(H,29,32)/t21-,24?/m1/s1. The van der Waals surface area contributed by atoms with Gasteiger partial charge in [0.05, 0.1) is 31.1 Å². The fourth-order valence-corrected chi connectivity index (χ4v) is 4.08. The van der Waals surface area contributed by atoms with Crippen molar-refractivity contribution >= 4 is 11.7 Å². The van der Waals surface area contributed by atoms with E-state index in [1.807, 2.05) is 13.8 Å². The summed E-state index contributed by atoms with van der Waals surface area (Å²) in [6.07, 6.45) is 8.17. The number of aromatic nitrogens is 2. The molecule has 1 aromatic carbocycles. The zero-order valence-electron chi connectivity index (χ0n) is 18.6. The normalized spacial score (nSPS) is 20.7. The number of allylic oxidation sites excluding steroid dienone is 2. The number of aliphatic hydroxyl groups excluding tert-OH is 1. The van der Waals surface area contributed by atoms with Gasteiger partial charge >= 0.3 is 6.03 Å². The summed E-state index contributed by atoms with van der Waals surface area (Å²) < 4.78 is 35.3. The van der Waals surface area contributed by atoms with E-state index in [9.17, 15) is 14.3 Å². The van der Waals surface area contributed by atoms with E-state index in [1.54, 1.807) is 18.3 Å². The molecule has 9 heteroatoms. The molecule has 2 aromatic rings. The number of urea groups is 1. The van der Waals surface area contributed by atoms with Crippen LogP contribution >= 0.6 is 0 Å². The van der Waals surface area contributed by atoms with E-state index in [2.05, 4.69) is 15.5 Å². The van der Waals surface area contributed by atoms with Crippen LogP contribution in [0.4, 0.5) is 19.3 Å². The first kappa shape index (κ1) is 23.1. The van der Waals surface area contributed by atoms with E-state index in [-0.39, 0.29) is 18.9 Å². The van der Waals surface area contributed by atoms with Crippen LogP contribution in [0, 0.1) is 11.7 Å². The third-order valence-corrected chi connectivity index (χ3v) is 5.80. The number of halogens is 2. The van der Waals surface area contributed by atoms with E-state index in [4.69, 9.17) is 4.74 Å². The van der Waals surface area contributed by atoms with Gasteiger partial charge in [0, 0.05) is 30.3 Å². The Kier molecular flexibility index (Phi) is 6.62. The Morgan fingerprint density at radius 1 is 1.42 bits per heavy atom. The maximum atomic E-state index is 15.1. The number of nitrogens with zero attached hydrogens (tertiary/aromatic N) is 2. The molecule has 2 atom stereocenters. The van der Waals surface area contributed by atoms with E-state index in [0.29, 0.717) is 35.4 Å². The molecule has 176 valence electrons. The smallest absolute Gasteiger partial charge is 0.322 e. The summed E-state index contributed by atoms with van der Waals surface area (Å²) in [7, 11) is 0. The van der Waals surface area contributed by atoms with Crippen LogP contribution in [0.3, 0.4) is 0 Å². The Morgan fingerprint density at radius 2 is 2.24 bits per heavy atom. The molecule has 0 spiro atoms. The first-order valence-electron chi connectivity index (χ1n) is 11.0. The number of carbonyl (C=O) groups excluding carboxylic acids is 1. The third kappa shape index (κ3) is 4.99. The summed E-state index contributed by atoms with van der Waals surface area (Å²) in [4.78, 5) is 14.5. The van der Waals surface area contributed by atoms with Crippen molar-refractivity contribution in [1.82, 2.24) is 15.5 Å². The van der Waals surface area contributed by atoms with Crippen LogP contribution < -0.4 is 10.2 Å². The van der Waals surface area contributed by atoms with Gasteiger partial charge in [0.25, 0.3) is 0 Å². The molecule has 2 aliphatic rings. The predicted octanol–water partition coefficient (Wildman–Crippen LogP) is 3.87. The van der Waals surface area contributed by atoms with Crippen LogP contribution in [0.2, 0.25) is 0 Å². The maximum absolute atomic E-state index is 15.1. The number of benzene rings is 1. The average molecular weight is 459 g/mol. The highest BCUT2D eigenvalue weighted by molar-refractivity contribution is 5.95. The number of ether oxygens (including phenoxy) is 1. The minimum absolute atomic E-state index is 0.0962. The summed E-state index contributed by atoms with van der Waals surface area (Å²) in [5, 5.41) is 19.2. The molecule has 0 fully saturated rings. The number of anilines is 1. The lowest BCUT2D eigenvalue weighted by molar-refractivity contribution is -0.115. The second-order valence-electron chi connectivity index (χ2n) is 8.80. The van der Waals surface area contributed by atoms with E-state index >= 15 is 4.39 Å². The van der Waals surface area contributed by atoms with Gasteiger partial charge in [-0.15, -0.1) is 0 Å².